The van der Waals surface area contributed by atoms with E-state index in [1.807, 2.05) is 24.3 Å². The summed E-state index contributed by atoms with van der Waals surface area (Å²) >= 11 is 3.45. The van der Waals surface area contributed by atoms with E-state index in [-0.39, 0.29) is 0 Å². The number of halogens is 1. The first-order chi connectivity index (χ1) is 7.34. The van der Waals surface area contributed by atoms with Crippen molar-refractivity contribution in [3.63, 3.8) is 0 Å². The Morgan fingerprint density at radius 1 is 1.13 bits per heavy atom. The minimum atomic E-state index is 0.763. The zero-order valence-electron chi connectivity index (χ0n) is 8.24. The molecule has 2 nitrogen and oxygen atoms in total. The third-order valence-electron chi connectivity index (χ3n) is 2.10. The topological polar surface area (TPSA) is 25.2 Å². The fourth-order valence-electron chi connectivity index (χ4n) is 1.39. The third kappa shape index (κ3) is 3.22. The van der Waals surface area contributed by atoms with E-state index in [1.54, 1.807) is 6.26 Å². The Morgan fingerprint density at radius 3 is 2.80 bits per heavy atom. The molecule has 2 aromatic rings. The monoisotopic (exact) mass is 265 g/mol. The molecule has 1 aromatic heterocycles. The Kier molecular flexibility index (Phi) is 3.59. The Labute approximate surface area is 97.4 Å². The molecule has 0 spiro atoms. The van der Waals surface area contributed by atoms with Crippen LogP contribution in [0.2, 0.25) is 0 Å². The molecule has 0 unspecified atom stereocenters. The van der Waals surface area contributed by atoms with Gasteiger partial charge in [0, 0.05) is 11.0 Å². The van der Waals surface area contributed by atoms with Crippen LogP contribution in [0, 0.1) is 0 Å². The van der Waals surface area contributed by atoms with Gasteiger partial charge in [0.25, 0.3) is 0 Å². The van der Waals surface area contributed by atoms with E-state index in [0.717, 1.165) is 23.3 Å². The number of rotatable bonds is 4. The zero-order valence-corrected chi connectivity index (χ0v) is 9.83. The average molecular weight is 266 g/mol. The molecule has 0 amide bonds. The van der Waals surface area contributed by atoms with E-state index in [2.05, 4.69) is 33.4 Å². The van der Waals surface area contributed by atoms with Crippen molar-refractivity contribution in [3.05, 3.63) is 58.5 Å². The lowest BCUT2D eigenvalue weighted by Crippen LogP contribution is -2.11. The van der Waals surface area contributed by atoms with Gasteiger partial charge in [0.2, 0.25) is 0 Å². The van der Waals surface area contributed by atoms with Crippen LogP contribution in [0.1, 0.15) is 11.3 Å². The van der Waals surface area contributed by atoms with Crippen molar-refractivity contribution in [1.29, 1.82) is 0 Å². The SMILES string of the molecule is Brc1cccc(CNCc2ccco2)c1. The first kappa shape index (κ1) is 10.5. The number of hydrogen-bond donors (Lipinski definition) is 1. The van der Waals surface area contributed by atoms with Crippen LogP contribution in [0.25, 0.3) is 0 Å². The van der Waals surface area contributed by atoms with Gasteiger partial charge in [0.1, 0.15) is 5.76 Å². The van der Waals surface area contributed by atoms with Crippen molar-refractivity contribution < 1.29 is 4.42 Å². The van der Waals surface area contributed by atoms with Gasteiger partial charge in [0.15, 0.2) is 0 Å². The predicted octanol–water partition coefficient (Wildman–Crippen LogP) is 3.33. The molecule has 0 aliphatic carbocycles. The second kappa shape index (κ2) is 5.14. The lowest BCUT2D eigenvalue weighted by molar-refractivity contribution is 0.483. The van der Waals surface area contributed by atoms with Crippen molar-refractivity contribution in [2.24, 2.45) is 0 Å². The molecule has 0 saturated carbocycles. The van der Waals surface area contributed by atoms with Crippen LogP contribution in [0.15, 0.2) is 51.6 Å². The second-order valence-corrected chi connectivity index (χ2v) is 4.23. The van der Waals surface area contributed by atoms with E-state index in [4.69, 9.17) is 4.42 Å². The lowest BCUT2D eigenvalue weighted by atomic mass is 10.2. The minimum Gasteiger partial charge on any atom is -0.468 e. The summed E-state index contributed by atoms with van der Waals surface area (Å²) in [5.41, 5.74) is 1.26. The van der Waals surface area contributed by atoms with Crippen LogP contribution in [0.4, 0.5) is 0 Å². The number of nitrogens with one attached hydrogen (secondary N) is 1. The minimum absolute atomic E-state index is 0.763. The van der Waals surface area contributed by atoms with Crippen LogP contribution in [0.3, 0.4) is 0 Å². The molecular weight excluding hydrogens is 254 g/mol. The molecular formula is C12H12BrNO. The van der Waals surface area contributed by atoms with E-state index >= 15 is 0 Å². The highest BCUT2D eigenvalue weighted by molar-refractivity contribution is 9.10. The molecule has 3 heteroatoms. The van der Waals surface area contributed by atoms with Gasteiger partial charge in [0.05, 0.1) is 12.8 Å². The molecule has 0 aliphatic heterocycles. The molecule has 0 bridgehead atoms. The molecule has 0 radical (unpaired) electrons. The first-order valence-corrected chi connectivity index (χ1v) is 5.61. The molecule has 0 aliphatic rings. The van der Waals surface area contributed by atoms with Gasteiger partial charge in [-0.05, 0) is 29.8 Å². The van der Waals surface area contributed by atoms with Gasteiger partial charge < -0.3 is 9.73 Å². The van der Waals surface area contributed by atoms with Gasteiger partial charge in [-0.1, -0.05) is 28.1 Å². The summed E-state index contributed by atoms with van der Waals surface area (Å²) in [6.07, 6.45) is 1.69. The van der Waals surface area contributed by atoms with Crippen molar-refractivity contribution in [3.8, 4) is 0 Å². The van der Waals surface area contributed by atoms with Gasteiger partial charge in [-0.25, -0.2) is 0 Å². The van der Waals surface area contributed by atoms with E-state index in [0.29, 0.717) is 0 Å². The van der Waals surface area contributed by atoms with Crippen molar-refractivity contribution >= 4 is 15.9 Å². The van der Waals surface area contributed by atoms with Gasteiger partial charge >= 0.3 is 0 Å². The normalized spacial score (nSPS) is 10.5. The Balaban J connectivity index is 1.83. The average Bonchev–Trinajstić information content (AvgIpc) is 2.71. The summed E-state index contributed by atoms with van der Waals surface area (Å²) in [4.78, 5) is 0. The Hall–Kier alpha value is -1.06. The largest absolute Gasteiger partial charge is 0.468 e. The Morgan fingerprint density at radius 2 is 2.07 bits per heavy atom. The first-order valence-electron chi connectivity index (χ1n) is 4.82. The molecule has 0 fully saturated rings. The quantitative estimate of drug-likeness (QED) is 0.918. The lowest BCUT2D eigenvalue weighted by Gasteiger charge is -2.03. The van der Waals surface area contributed by atoms with Gasteiger partial charge in [-0.15, -0.1) is 0 Å². The van der Waals surface area contributed by atoms with E-state index in [9.17, 15) is 0 Å². The summed E-state index contributed by atoms with van der Waals surface area (Å²) in [7, 11) is 0. The number of benzene rings is 1. The summed E-state index contributed by atoms with van der Waals surface area (Å²) in [6, 6.07) is 12.1. The maximum absolute atomic E-state index is 5.22. The van der Waals surface area contributed by atoms with Crippen LogP contribution in [-0.2, 0) is 13.1 Å². The van der Waals surface area contributed by atoms with E-state index < -0.39 is 0 Å². The zero-order chi connectivity index (χ0) is 10.5. The Bertz CT molecular complexity index is 411. The highest BCUT2D eigenvalue weighted by Crippen LogP contribution is 2.11. The number of hydrogen-bond acceptors (Lipinski definition) is 2. The van der Waals surface area contributed by atoms with Crippen molar-refractivity contribution in [1.82, 2.24) is 5.32 Å². The van der Waals surface area contributed by atoms with Crippen molar-refractivity contribution in [2.75, 3.05) is 0 Å². The third-order valence-corrected chi connectivity index (χ3v) is 2.59. The fraction of sp³-hybridized carbons (Fsp3) is 0.167. The smallest absolute Gasteiger partial charge is 0.117 e. The van der Waals surface area contributed by atoms with Crippen LogP contribution in [-0.4, -0.2) is 0 Å². The van der Waals surface area contributed by atoms with Crippen LogP contribution >= 0.6 is 15.9 Å². The molecule has 15 heavy (non-hydrogen) atoms. The maximum atomic E-state index is 5.22. The summed E-state index contributed by atoms with van der Waals surface area (Å²) in [5, 5.41) is 3.32. The standard InChI is InChI=1S/C12H12BrNO/c13-11-4-1-3-10(7-11)8-14-9-12-5-2-6-15-12/h1-7,14H,8-9H2. The highest BCUT2D eigenvalue weighted by Gasteiger charge is 1.96. The molecule has 78 valence electrons. The molecule has 1 N–H and O–H groups in total. The summed E-state index contributed by atoms with van der Waals surface area (Å²) in [5.74, 6) is 0.963. The van der Waals surface area contributed by atoms with Gasteiger partial charge in [-0.3, -0.25) is 0 Å². The fourth-order valence-corrected chi connectivity index (χ4v) is 1.84. The van der Waals surface area contributed by atoms with Gasteiger partial charge in [-0.2, -0.15) is 0 Å². The highest BCUT2D eigenvalue weighted by atomic mass is 79.9. The van der Waals surface area contributed by atoms with Crippen LogP contribution < -0.4 is 5.32 Å². The molecule has 1 aromatic carbocycles. The molecule has 2 rings (SSSR count). The second-order valence-electron chi connectivity index (χ2n) is 3.31. The molecule has 0 saturated heterocycles. The summed E-state index contributed by atoms with van der Waals surface area (Å²) < 4.78 is 6.33. The maximum Gasteiger partial charge on any atom is 0.117 e. The van der Waals surface area contributed by atoms with Crippen molar-refractivity contribution in [2.45, 2.75) is 13.1 Å². The van der Waals surface area contributed by atoms with Crippen LogP contribution in [0.5, 0.6) is 0 Å². The predicted molar refractivity (Wildman–Crippen MR) is 63.4 cm³/mol. The summed E-state index contributed by atoms with van der Waals surface area (Å²) in [6.45, 7) is 1.61. The molecule has 0 atom stereocenters. The number of furan rings is 1. The molecule has 1 heterocycles. The van der Waals surface area contributed by atoms with E-state index in [1.165, 1.54) is 5.56 Å².